The average Bonchev–Trinajstić information content (AvgIpc) is 2.92. The Kier molecular flexibility index (Phi) is 4.53. The Balaban J connectivity index is 1.93. The van der Waals surface area contributed by atoms with E-state index in [4.69, 9.17) is 10.2 Å². The Hall–Kier alpha value is -2.14. The zero-order chi connectivity index (χ0) is 14.5. The van der Waals surface area contributed by atoms with Crippen LogP contribution in [0.1, 0.15) is 31.1 Å². The van der Waals surface area contributed by atoms with E-state index in [2.05, 4.69) is 24.1 Å². The van der Waals surface area contributed by atoms with E-state index >= 15 is 0 Å². The summed E-state index contributed by atoms with van der Waals surface area (Å²) in [5, 5.41) is 2.79. The molecule has 106 valence electrons. The predicted octanol–water partition coefficient (Wildman–Crippen LogP) is 2.31. The molecular formula is C15H19N3O2. The van der Waals surface area contributed by atoms with Gasteiger partial charge in [0.25, 0.3) is 0 Å². The van der Waals surface area contributed by atoms with Gasteiger partial charge in [0.1, 0.15) is 5.76 Å². The fourth-order valence-electron chi connectivity index (χ4n) is 1.84. The molecule has 2 rings (SSSR count). The zero-order valence-corrected chi connectivity index (χ0v) is 11.7. The van der Waals surface area contributed by atoms with Crippen LogP contribution in [0.3, 0.4) is 0 Å². The molecule has 3 N–H and O–H groups in total. The Bertz CT molecular complexity index is 547. The zero-order valence-electron chi connectivity index (χ0n) is 11.7. The van der Waals surface area contributed by atoms with Gasteiger partial charge in [0.2, 0.25) is 5.91 Å². The number of carbonyl (C=O) groups excluding carboxylic acids is 1. The van der Waals surface area contributed by atoms with Crippen molar-refractivity contribution in [3.8, 4) is 0 Å². The molecule has 20 heavy (non-hydrogen) atoms. The number of oxazole rings is 1. The fourth-order valence-corrected chi connectivity index (χ4v) is 1.84. The van der Waals surface area contributed by atoms with Crippen LogP contribution in [-0.2, 0) is 11.2 Å². The summed E-state index contributed by atoms with van der Waals surface area (Å²) in [5.74, 6) is 0.829. The minimum absolute atomic E-state index is 0.237. The van der Waals surface area contributed by atoms with E-state index in [9.17, 15) is 4.79 Å². The van der Waals surface area contributed by atoms with Crippen molar-refractivity contribution in [2.45, 2.75) is 32.2 Å². The lowest BCUT2D eigenvalue weighted by Gasteiger charge is -2.12. The maximum absolute atomic E-state index is 12.0. The quantitative estimate of drug-likeness (QED) is 0.876. The molecule has 0 aliphatic carbocycles. The Labute approximate surface area is 118 Å². The summed E-state index contributed by atoms with van der Waals surface area (Å²) in [7, 11) is 0. The van der Waals surface area contributed by atoms with Gasteiger partial charge in [-0.1, -0.05) is 26.0 Å². The van der Waals surface area contributed by atoms with Crippen LogP contribution in [0.25, 0.3) is 0 Å². The molecule has 0 aliphatic heterocycles. The molecule has 1 aromatic carbocycles. The standard InChI is InChI=1S/C15H19N3O2/c1-10(2)11-3-5-12(6-4-11)18-15(19)14(16)7-13-8-17-9-20-13/h3-6,8-10,14H,7,16H2,1-2H3,(H,18,19). The van der Waals surface area contributed by atoms with Gasteiger partial charge in [-0.25, -0.2) is 4.98 Å². The van der Waals surface area contributed by atoms with Crippen molar-refractivity contribution >= 4 is 11.6 Å². The lowest BCUT2D eigenvalue weighted by molar-refractivity contribution is -0.117. The van der Waals surface area contributed by atoms with E-state index < -0.39 is 6.04 Å². The third-order valence-electron chi connectivity index (χ3n) is 3.09. The second kappa shape index (κ2) is 6.34. The molecule has 0 bridgehead atoms. The molecule has 1 atom stereocenters. The first-order chi connectivity index (χ1) is 9.56. The molecule has 0 saturated carbocycles. The monoisotopic (exact) mass is 273 g/mol. The van der Waals surface area contributed by atoms with Crippen LogP contribution in [0.15, 0.2) is 41.3 Å². The minimum atomic E-state index is -0.660. The van der Waals surface area contributed by atoms with Gasteiger partial charge in [0, 0.05) is 12.1 Å². The Morgan fingerprint density at radius 3 is 2.60 bits per heavy atom. The molecule has 5 heteroatoms. The van der Waals surface area contributed by atoms with Gasteiger partial charge in [0.05, 0.1) is 12.2 Å². The molecule has 5 nitrogen and oxygen atoms in total. The number of anilines is 1. The van der Waals surface area contributed by atoms with Crippen molar-refractivity contribution in [1.29, 1.82) is 0 Å². The molecule has 0 fully saturated rings. The van der Waals surface area contributed by atoms with Crippen molar-refractivity contribution in [3.05, 3.63) is 48.2 Å². The molecule has 1 amide bonds. The highest BCUT2D eigenvalue weighted by molar-refractivity contribution is 5.94. The first-order valence-corrected chi connectivity index (χ1v) is 6.60. The number of hydrogen-bond acceptors (Lipinski definition) is 4. The second-order valence-corrected chi connectivity index (χ2v) is 5.04. The summed E-state index contributed by atoms with van der Waals surface area (Å²) in [6, 6.07) is 7.11. The number of nitrogens with one attached hydrogen (secondary N) is 1. The second-order valence-electron chi connectivity index (χ2n) is 5.04. The van der Waals surface area contributed by atoms with E-state index in [-0.39, 0.29) is 5.91 Å². The summed E-state index contributed by atoms with van der Waals surface area (Å²) in [6.45, 7) is 4.25. The van der Waals surface area contributed by atoms with E-state index in [1.807, 2.05) is 24.3 Å². The lowest BCUT2D eigenvalue weighted by atomic mass is 10.0. The van der Waals surface area contributed by atoms with E-state index in [0.29, 0.717) is 18.1 Å². The van der Waals surface area contributed by atoms with Gasteiger partial charge in [-0.3, -0.25) is 4.79 Å². The van der Waals surface area contributed by atoms with Crippen LogP contribution < -0.4 is 11.1 Å². The molecule has 2 aromatic rings. The number of carbonyl (C=O) groups is 1. The summed E-state index contributed by atoms with van der Waals surface area (Å²) in [4.78, 5) is 15.8. The molecule has 0 saturated heterocycles. The largest absolute Gasteiger partial charge is 0.448 e. The molecule has 1 unspecified atom stereocenters. The molecule has 0 aliphatic rings. The number of rotatable bonds is 5. The van der Waals surface area contributed by atoms with Crippen molar-refractivity contribution < 1.29 is 9.21 Å². The molecule has 1 heterocycles. The smallest absolute Gasteiger partial charge is 0.241 e. The van der Waals surface area contributed by atoms with Crippen molar-refractivity contribution in [1.82, 2.24) is 4.98 Å². The van der Waals surface area contributed by atoms with Crippen LogP contribution >= 0.6 is 0 Å². The first-order valence-electron chi connectivity index (χ1n) is 6.60. The highest BCUT2D eigenvalue weighted by Gasteiger charge is 2.16. The van der Waals surface area contributed by atoms with Gasteiger partial charge < -0.3 is 15.5 Å². The normalized spacial score (nSPS) is 12.4. The van der Waals surface area contributed by atoms with E-state index in [1.165, 1.54) is 12.0 Å². The van der Waals surface area contributed by atoms with Crippen LogP contribution in [0.4, 0.5) is 5.69 Å². The summed E-state index contributed by atoms with van der Waals surface area (Å²) >= 11 is 0. The number of aromatic nitrogens is 1. The van der Waals surface area contributed by atoms with Crippen LogP contribution in [-0.4, -0.2) is 16.9 Å². The summed E-state index contributed by atoms with van der Waals surface area (Å²) in [6.07, 6.45) is 3.21. The molecule has 1 aromatic heterocycles. The predicted molar refractivity (Wildman–Crippen MR) is 77.3 cm³/mol. The van der Waals surface area contributed by atoms with Crippen LogP contribution in [0.2, 0.25) is 0 Å². The SMILES string of the molecule is CC(C)c1ccc(NC(=O)C(N)Cc2cnco2)cc1. The van der Waals surface area contributed by atoms with Crippen molar-refractivity contribution in [2.75, 3.05) is 5.32 Å². The van der Waals surface area contributed by atoms with Gasteiger partial charge in [0.15, 0.2) is 6.39 Å². The van der Waals surface area contributed by atoms with Crippen LogP contribution in [0, 0.1) is 0 Å². The Morgan fingerprint density at radius 1 is 1.35 bits per heavy atom. The maximum Gasteiger partial charge on any atom is 0.241 e. The van der Waals surface area contributed by atoms with Gasteiger partial charge in [-0.05, 0) is 23.6 Å². The maximum atomic E-state index is 12.0. The van der Waals surface area contributed by atoms with E-state index in [1.54, 1.807) is 6.20 Å². The third-order valence-corrected chi connectivity index (χ3v) is 3.09. The number of nitrogens with two attached hydrogens (primary N) is 1. The number of amides is 1. The highest BCUT2D eigenvalue weighted by atomic mass is 16.3. The van der Waals surface area contributed by atoms with Crippen LogP contribution in [0.5, 0.6) is 0 Å². The first kappa shape index (κ1) is 14.3. The molecule has 0 spiro atoms. The summed E-state index contributed by atoms with van der Waals surface area (Å²) in [5.41, 5.74) is 7.81. The highest BCUT2D eigenvalue weighted by Crippen LogP contribution is 2.17. The average molecular weight is 273 g/mol. The van der Waals surface area contributed by atoms with Crippen molar-refractivity contribution in [2.24, 2.45) is 5.73 Å². The minimum Gasteiger partial charge on any atom is -0.448 e. The number of nitrogens with zero attached hydrogens (tertiary/aromatic N) is 1. The lowest BCUT2D eigenvalue weighted by Crippen LogP contribution is -2.37. The van der Waals surface area contributed by atoms with Gasteiger partial charge >= 0.3 is 0 Å². The summed E-state index contributed by atoms with van der Waals surface area (Å²) < 4.78 is 5.08. The number of benzene rings is 1. The Morgan fingerprint density at radius 2 is 2.05 bits per heavy atom. The van der Waals surface area contributed by atoms with Gasteiger partial charge in [-0.2, -0.15) is 0 Å². The van der Waals surface area contributed by atoms with Crippen molar-refractivity contribution in [3.63, 3.8) is 0 Å². The molecular weight excluding hydrogens is 254 g/mol. The third kappa shape index (κ3) is 3.68. The van der Waals surface area contributed by atoms with Gasteiger partial charge in [-0.15, -0.1) is 0 Å². The fraction of sp³-hybridized carbons (Fsp3) is 0.333. The van der Waals surface area contributed by atoms with E-state index in [0.717, 1.165) is 5.69 Å². The molecule has 0 radical (unpaired) electrons. The number of hydrogen-bond donors (Lipinski definition) is 2. The topological polar surface area (TPSA) is 81.2 Å².